The number of ether oxygens (including phenoxy) is 1. The third kappa shape index (κ3) is 3.41. The van der Waals surface area contributed by atoms with Gasteiger partial charge in [0.15, 0.2) is 17.2 Å². The van der Waals surface area contributed by atoms with Gasteiger partial charge >= 0.3 is 6.03 Å². The number of hydrogen-bond acceptors (Lipinski definition) is 6. The molecule has 31 heavy (non-hydrogen) atoms. The summed E-state index contributed by atoms with van der Waals surface area (Å²) in [6.07, 6.45) is 2.77. The number of methoxy groups -OCH3 is 1. The van der Waals surface area contributed by atoms with Gasteiger partial charge < -0.3 is 24.7 Å². The molecule has 4 rings (SSSR count). The molecule has 0 radical (unpaired) electrons. The van der Waals surface area contributed by atoms with Crippen molar-refractivity contribution in [3.05, 3.63) is 58.1 Å². The molecule has 1 aromatic carbocycles. The van der Waals surface area contributed by atoms with E-state index < -0.39 is 23.3 Å². The highest BCUT2D eigenvalue weighted by Gasteiger charge is 2.52. The van der Waals surface area contributed by atoms with Crippen molar-refractivity contribution in [3.63, 3.8) is 0 Å². The average molecular weight is 424 g/mol. The van der Waals surface area contributed by atoms with Gasteiger partial charge in [-0.05, 0) is 36.8 Å². The van der Waals surface area contributed by atoms with E-state index >= 15 is 0 Å². The topological polar surface area (TPSA) is 143 Å². The van der Waals surface area contributed by atoms with Crippen molar-refractivity contribution in [3.8, 4) is 11.6 Å². The summed E-state index contributed by atoms with van der Waals surface area (Å²) in [5, 5.41) is 16.4. The Kier molecular flexibility index (Phi) is 4.77. The van der Waals surface area contributed by atoms with Gasteiger partial charge in [-0.15, -0.1) is 0 Å². The molecular weight excluding hydrogens is 404 g/mol. The van der Waals surface area contributed by atoms with Crippen LogP contribution in [0.3, 0.4) is 0 Å². The maximum absolute atomic E-state index is 13.2. The fourth-order valence-corrected chi connectivity index (χ4v) is 3.71. The molecule has 3 heterocycles. The minimum absolute atomic E-state index is 0.171. The summed E-state index contributed by atoms with van der Waals surface area (Å²) in [5.74, 6) is -1.03. The molecular formula is C21H20N4O6. The molecule has 1 aliphatic heterocycles. The lowest BCUT2D eigenvalue weighted by atomic mass is 9.89. The maximum Gasteiger partial charge on any atom is 0.322 e. The van der Waals surface area contributed by atoms with Crippen molar-refractivity contribution in [2.75, 3.05) is 7.11 Å². The second-order valence-electron chi connectivity index (χ2n) is 7.47. The highest BCUT2D eigenvalue weighted by atomic mass is 16.5. The molecule has 0 bridgehead atoms. The zero-order valence-electron chi connectivity index (χ0n) is 16.8. The first kappa shape index (κ1) is 20.2. The van der Waals surface area contributed by atoms with Crippen molar-refractivity contribution >= 4 is 28.5 Å². The second kappa shape index (κ2) is 7.31. The van der Waals surface area contributed by atoms with Crippen LogP contribution in [0.5, 0.6) is 11.6 Å². The maximum atomic E-state index is 13.2. The number of amides is 3. The molecule has 3 amide bonds. The Balaban J connectivity index is 1.72. The Morgan fingerprint density at radius 3 is 2.65 bits per heavy atom. The van der Waals surface area contributed by atoms with Crippen LogP contribution in [0.2, 0.25) is 0 Å². The molecule has 160 valence electrons. The summed E-state index contributed by atoms with van der Waals surface area (Å²) < 4.78 is 6.51. The number of hydrogen-bond donors (Lipinski definition) is 4. The van der Waals surface area contributed by atoms with Gasteiger partial charge in [-0.25, -0.2) is 4.79 Å². The van der Waals surface area contributed by atoms with E-state index in [0.717, 1.165) is 0 Å². The van der Waals surface area contributed by atoms with Crippen LogP contribution in [0.25, 0.3) is 10.8 Å². The number of fused-ring (bicyclic) bond motifs is 1. The highest BCUT2D eigenvalue weighted by Crippen LogP contribution is 2.32. The smallest absolute Gasteiger partial charge is 0.322 e. The number of carbonyl (C=O) groups excluding carboxylic acids is 3. The van der Waals surface area contributed by atoms with E-state index in [-0.39, 0.29) is 24.4 Å². The standard InChI is InChI=1S/C21H20N4O6/c1-11-5-12(8-22-17(11)27)6-16(26)21(19(29)23-20(30)24-21)10-25-9-13-3-4-14(31-2)7-15(13)18(25)28/h3-5,7-9,28H,6,10H2,1-2H3,(H,22,27)(H2,23,24,29,30)/t21-/m0/s1. The van der Waals surface area contributed by atoms with Gasteiger partial charge in [0.25, 0.3) is 11.5 Å². The number of ketones is 1. The summed E-state index contributed by atoms with van der Waals surface area (Å²) in [4.78, 5) is 52.0. The van der Waals surface area contributed by atoms with Crippen LogP contribution in [0.15, 0.2) is 41.5 Å². The SMILES string of the molecule is COc1ccc2cn(C[C@@]3(C(=O)Cc4c[nH]c(=O)c(C)c4)NC(=O)NC3=O)c(O)c2c1. The summed E-state index contributed by atoms with van der Waals surface area (Å²) in [6.45, 7) is 1.29. The summed E-state index contributed by atoms with van der Waals surface area (Å²) in [6, 6.07) is 5.83. The predicted molar refractivity (Wildman–Crippen MR) is 110 cm³/mol. The number of H-pyrrole nitrogens is 1. The van der Waals surface area contributed by atoms with Gasteiger partial charge in [-0.3, -0.25) is 19.7 Å². The van der Waals surface area contributed by atoms with Crippen LogP contribution >= 0.6 is 0 Å². The lowest BCUT2D eigenvalue weighted by Crippen LogP contribution is -2.57. The van der Waals surface area contributed by atoms with Crippen LogP contribution in [0.1, 0.15) is 11.1 Å². The summed E-state index contributed by atoms with van der Waals surface area (Å²) in [5.41, 5.74) is -1.29. The first-order chi connectivity index (χ1) is 14.7. The fraction of sp³-hybridized carbons (Fsp3) is 0.238. The molecule has 1 saturated heterocycles. The van der Waals surface area contributed by atoms with Crippen molar-refractivity contribution in [2.45, 2.75) is 25.4 Å². The molecule has 0 aliphatic carbocycles. The molecule has 3 aromatic rings. The first-order valence-electron chi connectivity index (χ1n) is 9.44. The third-order valence-corrected chi connectivity index (χ3v) is 5.41. The predicted octanol–water partition coefficient (Wildman–Crippen LogP) is 0.742. The lowest BCUT2D eigenvalue weighted by molar-refractivity contribution is -0.135. The molecule has 1 atom stereocenters. The van der Waals surface area contributed by atoms with E-state index in [9.17, 15) is 24.3 Å². The number of Topliss-reactive ketones (excluding diaryl/α,β-unsaturated/α-hetero) is 1. The number of aromatic amines is 1. The Morgan fingerprint density at radius 2 is 2.00 bits per heavy atom. The van der Waals surface area contributed by atoms with E-state index in [4.69, 9.17) is 4.74 Å². The molecule has 4 N–H and O–H groups in total. The van der Waals surface area contributed by atoms with Crippen LogP contribution in [0, 0.1) is 6.92 Å². The van der Waals surface area contributed by atoms with Crippen LogP contribution < -0.4 is 20.9 Å². The van der Waals surface area contributed by atoms with Gasteiger partial charge in [-0.1, -0.05) is 0 Å². The molecule has 10 nitrogen and oxygen atoms in total. The van der Waals surface area contributed by atoms with E-state index in [0.29, 0.717) is 27.6 Å². The van der Waals surface area contributed by atoms with E-state index in [2.05, 4.69) is 15.6 Å². The number of rotatable bonds is 6. The number of imide groups is 1. The molecule has 1 fully saturated rings. The fourth-order valence-electron chi connectivity index (χ4n) is 3.71. The van der Waals surface area contributed by atoms with Crippen molar-refractivity contribution < 1.29 is 24.2 Å². The molecule has 0 saturated carbocycles. The molecule has 0 spiro atoms. The molecule has 1 aliphatic rings. The van der Waals surface area contributed by atoms with Crippen molar-refractivity contribution in [1.29, 1.82) is 0 Å². The van der Waals surface area contributed by atoms with Crippen LogP contribution in [-0.4, -0.2) is 45.0 Å². The number of nitrogens with one attached hydrogen (secondary N) is 3. The first-order valence-corrected chi connectivity index (χ1v) is 9.44. The highest BCUT2D eigenvalue weighted by molar-refractivity contribution is 6.21. The van der Waals surface area contributed by atoms with Crippen molar-refractivity contribution in [1.82, 2.24) is 20.2 Å². The molecule has 10 heteroatoms. The minimum Gasteiger partial charge on any atom is -0.497 e. The Labute approximate surface area is 175 Å². The number of aromatic nitrogens is 2. The number of nitrogens with zero attached hydrogens (tertiary/aromatic N) is 1. The normalized spacial score (nSPS) is 18.1. The van der Waals surface area contributed by atoms with E-state index in [1.54, 1.807) is 37.4 Å². The molecule has 2 aromatic heterocycles. The van der Waals surface area contributed by atoms with Crippen molar-refractivity contribution in [2.24, 2.45) is 0 Å². The lowest BCUT2D eigenvalue weighted by Gasteiger charge is -2.25. The number of carbonyl (C=O) groups is 3. The van der Waals surface area contributed by atoms with Crippen LogP contribution in [-0.2, 0) is 22.6 Å². The number of benzene rings is 1. The third-order valence-electron chi connectivity index (χ3n) is 5.41. The summed E-state index contributed by atoms with van der Waals surface area (Å²) in [7, 11) is 1.50. The summed E-state index contributed by atoms with van der Waals surface area (Å²) >= 11 is 0. The second-order valence-corrected chi connectivity index (χ2v) is 7.47. The largest absolute Gasteiger partial charge is 0.497 e. The zero-order valence-corrected chi connectivity index (χ0v) is 16.8. The number of aromatic hydroxyl groups is 1. The Hall–Kier alpha value is -4.08. The Bertz CT molecular complexity index is 1290. The zero-order chi connectivity index (χ0) is 22.3. The quantitative estimate of drug-likeness (QED) is 0.340. The van der Waals surface area contributed by atoms with E-state index in [1.165, 1.54) is 17.9 Å². The number of pyridine rings is 1. The monoisotopic (exact) mass is 424 g/mol. The van der Waals surface area contributed by atoms with Gasteiger partial charge in [0.05, 0.1) is 13.7 Å². The van der Waals surface area contributed by atoms with Gasteiger partial charge in [0.1, 0.15) is 5.75 Å². The van der Waals surface area contributed by atoms with E-state index in [1.807, 2.05) is 0 Å². The number of aryl methyl sites for hydroxylation is 1. The Morgan fingerprint density at radius 1 is 1.23 bits per heavy atom. The minimum atomic E-state index is -1.92. The van der Waals surface area contributed by atoms with Crippen LogP contribution in [0.4, 0.5) is 4.79 Å². The van der Waals surface area contributed by atoms with Gasteiger partial charge in [0, 0.05) is 35.2 Å². The number of urea groups is 1. The van der Waals surface area contributed by atoms with Gasteiger partial charge in [-0.2, -0.15) is 0 Å². The van der Waals surface area contributed by atoms with Gasteiger partial charge in [0.2, 0.25) is 0 Å². The molecule has 0 unspecified atom stereocenters. The average Bonchev–Trinajstić information content (AvgIpc) is 3.20.